The lowest BCUT2D eigenvalue weighted by Crippen LogP contribution is -2.49. The molecule has 0 aromatic rings. The van der Waals surface area contributed by atoms with Crippen molar-refractivity contribution in [3.05, 3.63) is 0 Å². The Kier molecular flexibility index (Phi) is 5.65. The van der Waals surface area contributed by atoms with E-state index in [2.05, 4.69) is 17.6 Å². The number of nitrogens with one attached hydrogen (secondary N) is 2. The highest BCUT2D eigenvalue weighted by molar-refractivity contribution is 5.77. The van der Waals surface area contributed by atoms with Gasteiger partial charge in [-0.2, -0.15) is 0 Å². The molecule has 0 aliphatic carbocycles. The second kappa shape index (κ2) is 6.80. The van der Waals surface area contributed by atoms with Gasteiger partial charge in [0.1, 0.15) is 6.61 Å². The summed E-state index contributed by atoms with van der Waals surface area (Å²) < 4.78 is 5.19. The Labute approximate surface area is 91.8 Å². The van der Waals surface area contributed by atoms with E-state index in [0.717, 1.165) is 25.9 Å². The van der Waals surface area contributed by atoms with Crippen LogP contribution in [0.15, 0.2) is 0 Å². The molecule has 88 valence electrons. The smallest absolute Gasteiger partial charge is 0.246 e. The molecule has 2 N–H and O–H groups in total. The van der Waals surface area contributed by atoms with Crippen LogP contribution in [0.5, 0.6) is 0 Å². The molecule has 4 nitrogen and oxygen atoms in total. The Morgan fingerprint density at radius 1 is 1.60 bits per heavy atom. The molecule has 15 heavy (non-hydrogen) atoms. The largest absolute Gasteiger partial charge is 0.372 e. The minimum Gasteiger partial charge on any atom is -0.372 e. The second-order valence-electron chi connectivity index (χ2n) is 4.20. The highest BCUT2D eigenvalue weighted by Crippen LogP contribution is 2.09. The molecule has 0 aromatic carbocycles. The lowest BCUT2D eigenvalue weighted by Gasteiger charge is -2.30. The van der Waals surface area contributed by atoms with Gasteiger partial charge in [0.05, 0.1) is 0 Å². The molecule has 1 heterocycles. The second-order valence-corrected chi connectivity index (χ2v) is 4.20. The van der Waals surface area contributed by atoms with E-state index >= 15 is 0 Å². The summed E-state index contributed by atoms with van der Waals surface area (Å²) in [6.07, 6.45) is 1.97. The van der Waals surface area contributed by atoms with Crippen LogP contribution in [-0.4, -0.2) is 38.3 Å². The van der Waals surface area contributed by atoms with Gasteiger partial charge in [0.15, 0.2) is 0 Å². The van der Waals surface area contributed by atoms with Crippen molar-refractivity contribution in [3.8, 4) is 0 Å². The molecule has 4 heteroatoms. The van der Waals surface area contributed by atoms with Crippen LogP contribution in [0.3, 0.4) is 0 Å². The molecule has 1 fully saturated rings. The van der Waals surface area contributed by atoms with Gasteiger partial charge in [0.25, 0.3) is 0 Å². The van der Waals surface area contributed by atoms with Crippen molar-refractivity contribution < 1.29 is 9.53 Å². The number of hydrogen-bond donors (Lipinski definition) is 2. The Balaban J connectivity index is 2.18. The zero-order valence-electron chi connectivity index (χ0n) is 9.71. The first-order valence-electron chi connectivity index (χ1n) is 5.82. The molecular formula is C11H22N2O2. The fourth-order valence-corrected chi connectivity index (χ4v) is 1.79. The van der Waals surface area contributed by atoms with E-state index in [1.54, 1.807) is 0 Å². The maximum Gasteiger partial charge on any atom is 0.246 e. The Bertz CT molecular complexity index is 197. The minimum atomic E-state index is 0.0159. The monoisotopic (exact) mass is 214 g/mol. The molecule has 0 bridgehead atoms. The summed E-state index contributed by atoms with van der Waals surface area (Å²) in [5, 5.41) is 6.33. The van der Waals surface area contributed by atoms with Gasteiger partial charge in [-0.25, -0.2) is 0 Å². The van der Waals surface area contributed by atoms with E-state index in [9.17, 15) is 4.79 Å². The standard InChI is InChI=1S/C11H22N2O2/c1-3-6-15-8-11(14)13-10-4-5-12-7-9(10)2/h9-10,12H,3-8H2,1-2H3,(H,13,14). The maximum absolute atomic E-state index is 11.5. The first-order chi connectivity index (χ1) is 7.24. The SMILES string of the molecule is CCCOCC(=O)NC1CCNCC1C. The Morgan fingerprint density at radius 2 is 2.40 bits per heavy atom. The molecule has 1 saturated heterocycles. The van der Waals surface area contributed by atoms with Gasteiger partial charge in [-0.15, -0.1) is 0 Å². The number of carbonyl (C=O) groups is 1. The van der Waals surface area contributed by atoms with Crippen LogP contribution < -0.4 is 10.6 Å². The summed E-state index contributed by atoms with van der Waals surface area (Å²) in [4.78, 5) is 11.5. The maximum atomic E-state index is 11.5. The summed E-state index contributed by atoms with van der Waals surface area (Å²) >= 11 is 0. The highest BCUT2D eigenvalue weighted by atomic mass is 16.5. The highest BCUT2D eigenvalue weighted by Gasteiger charge is 2.22. The van der Waals surface area contributed by atoms with Crippen molar-refractivity contribution in [2.45, 2.75) is 32.7 Å². The number of rotatable bonds is 5. The Morgan fingerprint density at radius 3 is 3.07 bits per heavy atom. The fraction of sp³-hybridized carbons (Fsp3) is 0.909. The summed E-state index contributed by atoms with van der Waals surface area (Å²) in [6, 6.07) is 0.309. The lowest BCUT2D eigenvalue weighted by atomic mass is 9.95. The van der Waals surface area contributed by atoms with Gasteiger partial charge in [-0.05, 0) is 31.8 Å². The molecule has 2 unspecified atom stereocenters. The molecule has 0 spiro atoms. The van der Waals surface area contributed by atoms with Crippen molar-refractivity contribution in [2.75, 3.05) is 26.3 Å². The molecular weight excluding hydrogens is 192 g/mol. The zero-order chi connectivity index (χ0) is 11.1. The predicted molar refractivity (Wildman–Crippen MR) is 59.7 cm³/mol. The summed E-state index contributed by atoms with van der Waals surface area (Å²) in [6.45, 7) is 7.03. The van der Waals surface area contributed by atoms with Crippen LogP contribution >= 0.6 is 0 Å². The minimum absolute atomic E-state index is 0.0159. The normalized spacial score (nSPS) is 26.3. The average Bonchev–Trinajstić information content (AvgIpc) is 2.22. The van der Waals surface area contributed by atoms with Gasteiger partial charge in [-0.1, -0.05) is 13.8 Å². The average molecular weight is 214 g/mol. The first-order valence-corrected chi connectivity index (χ1v) is 5.82. The molecule has 0 radical (unpaired) electrons. The lowest BCUT2D eigenvalue weighted by molar-refractivity contribution is -0.126. The topological polar surface area (TPSA) is 50.4 Å². The molecule has 0 saturated carbocycles. The molecule has 2 atom stereocenters. The predicted octanol–water partition coefficient (Wildman–Crippen LogP) is 0.527. The number of amides is 1. The van der Waals surface area contributed by atoms with E-state index in [4.69, 9.17) is 4.74 Å². The van der Waals surface area contributed by atoms with Crippen LogP contribution in [0.2, 0.25) is 0 Å². The third-order valence-electron chi connectivity index (χ3n) is 2.71. The number of ether oxygens (including phenoxy) is 1. The van der Waals surface area contributed by atoms with E-state index in [1.165, 1.54) is 0 Å². The van der Waals surface area contributed by atoms with Crippen molar-refractivity contribution in [2.24, 2.45) is 5.92 Å². The summed E-state index contributed by atoms with van der Waals surface area (Å²) in [5.74, 6) is 0.524. The van der Waals surface area contributed by atoms with Crippen LogP contribution in [-0.2, 0) is 9.53 Å². The first kappa shape index (κ1) is 12.5. The third-order valence-corrected chi connectivity index (χ3v) is 2.71. The van der Waals surface area contributed by atoms with Crippen molar-refractivity contribution >= 4 is 5.91 Å². The van der Waals surface area contributed by atoms with Crippen molar-refractivity contribution in [1.29, 1.82) is 0 Å². The van der Waals surface area contributed by atoms with Crippen LogP contribution in [0.4, 0.5) is 0 Å². The van der Waals surface area contributed by atoms with E-state index < -0.39 is 0 Å². The van der Waals surface area contributed by atoms with Crippen LogP contribution in [0, 0.1) is 5.92 Å². The Hall–Kier alpha value is -0.610. The van der Waals surface area contributed by atoms with Gasteiger partial charge in [0, 0.05) is 12.6 Å². The summed E-state index contributed by atoms with van der Waals surface area (Å²) in [7, 11) is 0. The van der Waals surface area contributed by atoms with Crippen LogP contribution in [0.1, 0.15) is 26.7 Å². The van der Waals surface area contributed by atoms with E-state index in [0.29, 0.717) is 18.6 Å². The van der Waals surface area contributed by atoms with Gasteiger partial charge >= 0.3 is 0 Å². The molecule has 1 amide bonds. The molecule has 1 aliphatic rings. The molecule has 0 aromatic heterocycles. The molecule has 1 aliphatic heterocycles. The van der Waals surface area contributed by atoms with Crippen molar-refractivity contribution in [1.82, 2.24) is 10.6 Å². The molecule has 1 rings (SSSR count). The van der Waals surface area contributed by atoms with Gasteiger partial charge in [-0.3, -0.25) is 4.79 Å². The zero-order valence-corrected chi connectivity index (χ0v) is 9.71. The number of piperidine rings is 1. The van der Waals surface area contributed by atoms with E-state index in [-0.39, 0.29) is 12.5 Å². The number of carbonyl (C=O) groups excluding carboxylic acids is 1. The van der Waals surface area contributed by atoms with E-state index in [1.807, 2.05) is 6.92 Å². The number of hydrogen-bond acceptors (Lipinski definition) is 3. The van der Waals surface area contributed by atoms with Gasteiger partial charge < -0.3 is 15.4 Å². The quantitative estimate of drug-likeness (QED) is 0.656. The third kappa shape index (κ3) is 4.62. The summed E-state index contributed by atoms with van der Waals surface area (Å²) in [5.41, 5.74) is 0. The fourth-order valence-electron chi connectivity index (χ4n) is 1.79. The van der Waals surface area contributed by atoms with Crippen LogP contribution in [0.25, 0.3) is 0 Å². The van der Waals surface area contributed by atoms with Gasteiger partial charge in [0.2, 0.25) is 5.91 Å². The van der Waals surface area contributed by atoms with Crippen molar-refractivity contribution in [3.63, 3.8) is 0 Å².